The van der Waals surface area contributed by atoms with E-state index in [1.54, 1.807) is 25.4 Å². The highest BCUT2D eigenvalue weighted by atomic mass is 16.5. The zero-order valence-electron chi connectivity index (χ0n) is 12.0. The van der Waals surface area contributed by atoms with E-state index in [2.05, 4.69) is 10.3 Å². The van der Waals surface area contributed by atoms with Crippen LogP contribution < -0.4 is 10.1 Å². The average Bonchev–Trinajstić information content (AvgIpc) is 2.40. The fourth-order valence-corrected chi connectivity index (χ4v) is 1.89. The van der Waals surface area contributed by atoms with Crippen LogP contribution in [0.5, 0.6) is 5.88 Å². The number of rotatable bonds is 7. The van der Waals surface area contributed by atoms with Crippen LogP contribution in [0.3, 0.4) is 0 Å². The predicted molar refractivity (Wildman–Crippen MR) is 74.4 cm³/mol. The second kappa shape index (κ2) is 7.09. The van der Waals surface area contributed by atoms with Crippen LogP contribution in [0.2, 0.25) is 0 Å². The molecule has 1 heterocycles. The van der Waals surface area contributed by atoms with Crippen molar-refractivity contribution in [1.82, 2.24) is 4.98 Å². The van der Waals surface area contributed by atoms with E-state index in [0.29, 0.717) is 24.6 Å². The molecule has 1 atom stereocenters. The van der Waals surface area contributed by atoms with Crippen molar-refractivity contribution in [2.75, 3.05) is 19.0 Å². The van der Waals surface area contributed by atoms with Crippen LogP contribution in [-0.2, 0) is 9.53 Å². The van der Waals surface area contributed by atoms with E-state index < -0.39 is 5.60 Å². The lowest BCUT2D eigenvalue weighted by Crippen LogP contribution is -2.42. The maximum absolute atomic E-state index is 12.3. The maximum atomic E-state index is 12.3. The van der Waals surface area contributed by atoms with Gasteiger partial charge in [0.1, 0.15) is 5.60 Å². The summed E-state index contributed by atoms with van der Waals surface area (Å²) >= 11 is 0. The molecule has 0 aliphatic carbocycles. The molecule has 0 spiro atoms. The van der Waals surface area contributed by atoms with Crippen molar-refractivity contribution in [3.63, 3.8) is 0 Å². The van der Waals surface area contributed by atoms with Gasteiger partial charge in [-0.25, -0.2) is 4.98 Å². The van der Waals surface area contributed by atoms with Crippen molar-refractivity contribution >= 4 is 11.6 Å². The van der Waals surface area contributed by atoms with E-state index in [0.717, 1.165) is 6.42 Å². The highest BCUT2D eigenvalue weighted by molar-refractivity contribution is 5.96. The number of carbonyl (C=O) groups is 1. The van der Waals surface area contributed by atoms with E-state index >= 15 is 0 Å². The molecule has 1 aromatic rings. The Bertz CT molecular complexity index is 398. The number of nitrogens with zero attached hydrogens (tertiary/aromatic N) is 1. The molecule has 1 N–H and O–H groups in total. The monoisotopic (exact) mass is 266 g/mol. The molecular formula is C14H22N2O3. The second-order valence-electron chi connectivity index (χ2n) is 4.46. The molecule has 1 aromatic heterocycles. The van der Waals surface area contributed by atoms with Gasteiger partial charge in [0.2, 0.25) is 5.88 Å². The SMILES string of the molecule is CCCC(C)(OCC)C(=O)Nc1ccc(OC)nc1. The average molecular weight is 266 g/mol. The highest BCUT2D eigenvalue weighted by Gasteiger charge is 2.32. The predicted octanol–water partition coefficient (Wildman–Crippen LogP) is 2.62. The largest absolute Gasteiger partial charge is 0.481 e. The van der Waals surface area contributed by atoms with E-state index in [9.17, 15) is 4.79 Å². The van der Waals surface area contributed by atoms with E-state index in [1.807, 2.05) is 20.8 Å². The first-order valence-electron chi connectivity index (χ1n) is 6.51. The molecule has 0 aliphatic rings. The number of methoxy groups -OCH3 is 1. The van der Waals surface area contributed by atoms with Crippen LogP contribution >= 0.6 is 0 Å². The van der Waals surface area contributed by atoms with Gasteiger partial charge in [0.05, 0.1) is 19.0 Å². The lowest BCUT2D eigenvalue weighted by molar-refractivity contribution is -0.139. The molecule has 19 heavy (non-hydrogen) atoms. The summed E-state index contributed by atoms with van der Waals surface area (Å²) in [5, 5.41) is 2.82. The smallest absolute Gasteiger partial charge is 0.256 e. The number of hydrogen-bond acceptors (Lipinski definition) is 4. The summed E-state index contributed by atoms with van der Waals surface area (Å²) in [5.41, 5.74) is -0.170. The summed E-state index contributed by atoms with van der Waals surface area (Å²) in [6, 6.07) is 3.45. The van der Waals surface area contributed by atoms with Gasteiger partial charge in [-0.15, -0.1) is 0 Å². The van der Waals surface area contributed by atoms with E-state index in [4.69, 9.17) is 9.47 Å². The van der Waals surface area contributed by atoms with Crippen molar-refractivity contribution in [3.05, 3.63) is 18.3 Å². The third-order valence-electron chi connectivity index (χ3n) is 2.87. The van der Waals surface area contributed by atoms with Crippen LogP contribution in [0.4, 0.5) is 5.69 Å². The Morgan fingerprint density at radius 3 is 2.63 bits per heavy atom. The molecule has 0 fully saturated rings. The maximum Gasteiger partial charge on any atom is 0.256 e. The summed E-state index contributed by atoms with van der Waals surface area (Å²) in [4.78, 5) is 16.3. The Morgan fingerprint density at radius 2 is 2.16 bits per heavy atom. The van der Waals surface area contributed by atoms with Gasteiger partial charge in [-0.05, 0) is 26.3 Å². The zero-order chi connectivity index (χ0) is 14.3. The Labute approximate surface area is 114 Å². The summed E-state index contributed by atoms with van der Waals surface area (Å²) in [6.45, 7) is 6.23. The number of amides is 1. The lowest BCUT2D eigenvalue weighted by Gasteiger charge is -2.27. The Morgan fingerprint density at radius 1 is 1.42 bits per heavy atom. The van der Waals surface area contributed by atoms with Crippen molar-refractivity contribution in [2.45, 2.75) is 39.2 Å². The van der Waals surface area contributed by atoms with Crippen LogP contribution in [0, 0.1) is 0 Å². The molecule has 106 valence electrons. The number of pyridine rings is 1. The minimum Gasteiger partial charge on any atom is -0.481 e. The molecule has 0 radical (unpaired) electrons. The van der Waals surface area contributed by atoms with Gasteiger partial charge in [-0.2, -0.15) is 0 Å². The number of hydrogen-bond donors (Lipinski definition) is 1. The third-order valence-corrected chi connectivity index (χ3v) is 2.87. The van der Waals surface area contributed by atoms with Crippen molar-refractivity contribution in [2.24, 2.45) is 0 Å². The molecule has 0 bridgehead atoms. The Hall–Kier alpha value is -1.62. The van der Waals surface area contributed by atoms with Crippen molar-refractivity contribution in [1.29, 1.82) is 0 Å². The Kier molecular flexibility index (Phi) is 5.76. The van der Waals surface area contributed by atoms with Gasteiger partial charge in [0, 0.05) is 12.7 Å². The second-order valence-corrected chi connectivity index (χ2v) is 4.46. The topological polar surface area (TPSA) is 60.5 Å². The third kappa shape index (κ3) is 4.21. The van der Waals surface area contributed by atoms with E-state index in [1.165, 1.54) is 0 Å². The number of carbonyl (C=O) groups excluding carboxylic acids is 1. The summed E-state index contributed by atoms with van der Waals surface area (Å²) in [6.07, 6.45) is 3.12. The minimum atomic E-state index is -0.802. The van der Waals surface area contributed by atoms with Gasteiger partial charge in [0.15, 0.2) is 0 Å². The number of ether oxygens (including phenoxy) is 2. The van der Waals surface area contributed by atoms with Gasteiger partial charge >= 0.3 is 0 Å². The molecule has 1 rings (SSSR count). The summed E-state index contributed by atoms with van der Waals surface area (Å²) in [5.74, 6) is 0.363. The lowest BCUT2D eigenvalue weighted by atomic mass is 9.99. The molecule has 1 amide bonds. The first-order chi connectivity index (χ1) is 9.05. The van der Waals surface area contributed by atoms with Gasteiger partial charge in [0.25, 0.3) is 5.91 Å². The van der Waals surface area contributed by atoms with Crippen molar-refractivity contribution in [3.8, 4) is 5.88 Å². The molecule has 1 unspecified atom stereocenters. The quantitative estimate of drug-likeness (QED) is 0.824. The van der Waals surface area contributed by atoms with Crippen LogP contribution in [-0.4, -0.2) is 30.2 Å². The molecule has 5 heteroatoms. The molecule has 0 aromatic carbocycles. The minimum absolute atomic E-state index is 0.150. The molecule has 0 saturated heterocycles. The highest BCUT2D eigenvalue weighted by Crippen LogP contribution is 2.21. The van der Waals surface area contributed by atoms with Gasteiger partial charge < -0.3 is 14.8 Å². The fourth-order valence-electron chi connectivity index (χ4n) is 1.89. The standard InChI is InChI=1S/C14H22N2O3/c1-5-9-14(3,19-6-2)13(17)16-11-7-8-12(18-4)15-10-11/h7-8,10H,5-6,9H2,1-4H3,(H,16,17). The normalized spacial score (nSPS) is 13.7. The molecular weight excluding hydrogens is 244 g/mol. The molecule has 5 nitrogen and oxygen atoms in total. The van der Waals surface area contributed by atoms with Crippen LogP contribution in [0.15, 0.2) is 18.3 Å². The first kappa shape index (κ1) is 15.4. The zero-order valence-corrected chi connectivity index (χ0v) is 12.0. The van der Waals surface area contributed by atoms with Gasteiger partial charge in [-0.3, -0.25) is 4.79 Å². The van der Waals surface area contributed by atoms with Crippen LogP contribution in [0.25, 0.3) is 0 Å². The van der Waals surface area contributed by atoms with E-state index in [-0.39, 0.29) is 5.91 Å². The number of aromatic nitrogens is 1. The number of anilines is 1. The van der Waals surface area contributed by atoms with Gasteiger partial charge in [-0.1, -0.05) is 13.3 Å². The summed E-state index contributed by atoms with van der Waals surface area (Å²) in [7, 11) is 1.55. The van der Waals surface area contributed by atoms with Crippen molar-refractivity contribution < 1.29 is 14.3 Å². The molecule has 0 aliphatic heterocycles. The summed E-state index contributed by atoms with van der Waals surface area (Å²) < 4.78 is 10.6. The Balaban J connectivity index is 2.74. The fraction of sp³-hybridized carbons (Fsp3) is 0.571. The molecule has 0 saturated carbocycles. The number of nitrogens with one attached hydrogen (secondary N) is 1. The van der Waals surface area contributed by atoms with Crippen LogP contribution in [0.1, 0.15) is 33.6 Å². The first-order valence-corrected chi connectivity index (χ1v) is 6.51.